The lowest BCUT2D eigenvalue weighted by Crippen LogP contribution is -2.17. The Morgan fingerprint density at radius 2 is 2.28 bits per heavy atom. The van der Waals surface area contributed by atoms with Crippen molar-refractivity contribution in [1.29, 1.82) is 0 Å². The minimum absolute atomic E-state index is 0.689. The van der Waals surface area contributed by atoms with Crippen LogP contribution in [0.25, 0.3) is 0 Å². The van der Waals surface area contributed by atoms with Gasteiger partial charge in [-0.05, 0) is 72.9 Å². The van der Waals surface area contributed by atoms with Crippen molar-refractivity contribution in [2.75, 3.05) is 25.0 Å². The zero-order chi connectivity index (χ0) is 13.2. The fourth-order valence-electron chi connectivity index (χ4n) is 2.17. The topological polar surface area (TPSA) is 24.1 Å². The van der Waals surface area contributed by atoms with Crippen molar-refractivity contribution in [2.24, 2.45) is 5.92 Å². The lowest BCUT2D eigenvalue weighted by atomic mass is 10.00. The maximum Gasteiger partial charge on any atom is 0.130 e. The minimum Gasteiger partial charge on any atom is -0.384 e. The van der Waals surface area contributed by atoms with E-state index in [-0.39, 0.29) is 0 Å². The van der Waals surface area contributed by atoms with Gasteiger partial charge in [0.25, 0.3) is 0 Å². The van der Waals surface area contributed by atoms with Gasteiger partial charge in [-0.2, -0.15) is 0 Å². The van der Waals surface area contributed by atoms with Gasteiger partial charge in [-0.25, -0.2) is 4.39 Å². The highest BCUT2D eigenvalue weighted by molar-refractivity contribution is 9.10. The Morgan fingerprint density at radius 1 is 1.50 bits per heavy atom. The second-order valence-electron chi connectivity index (χ2n) is 5.41. The van der Waals surface area contributed by atoms with E-state index in [1.165, 1.54) is 6.42 Å². The number of halogens is 2. The number of alkyl halides is 1. The predicted molar refractivity (Wildman–Crippen MR) is 77.7 cm³/mol. The van der Waals surface area contributed by atoms with Crippen molar-refractivity contribution in [2.45, 2.75) is 25.9 Å². The molecule has 0 bridgehead atoms. The van der Waals surface area contributed by atoms with Crippen molar-refractivity contribution in [3.63, 3.8) is 0 Å². The van der Waals surface area contributed by atoms with Gasteiger partial charge in [0, 0.05) is 16.7 Å². The molecule has 100 valence electrons. The highest BCUT2D eigenvalue weighted by Gasteiger charge is 2.20. The van der Waals surface area contributed by atoms with Gasteiger partial charge in [-0.3, -0.25) is 0 Å². The zero-order valence-corrected chi connectivity index (χ0v) is 12.5. The Morgan fingerprint density at radius 3 is 2.83 bits per heavy atom. The summed E-state index contributed by atoms with van der Waals surface area (Å²) in [5.41, 5.74) is 0.438. The van der Waals surface area contributed by atoms with Crippen LogP contribution in [0.4, 0.5) is 10.1 Å². The molecule has 1 unspecified atom stereocenters. The SMILES string of the molecule is CC(C)(F)c1ccc(NCC2CCNC2)c(Br)c1. The van der Waals surface area contributed by atoms with Gasteiger partial charge in [0.15, 0.2) is 0 Å². The van der Waals surface area contributed by atoms with Crippen molar-refractivity contribution in [1.82, 2.24) is 5.32 Å². The third kappa shape index (κ3) is 3.45. The van der Waals surface area contributed by atoms with Crippen LogP contribution >= 0.6 is 15.9 Å². The first-order valence-electron chi connectivity index (χ1n) is 6.40. The van der Waals surface area contributed by atoms with Crippen LogP contribution in [0, 0.1) is 5.92 Å². The van der Waals surface area contributed by atoms with Crippen LogP contribution in [-0.2, 0) is 5.67 Å². The summed E-state index contributed by atoms with van der Waals surface area (Å²) >= 11 is 3.50. The minimum atomic E-state index is -1.30. The first-order valence-corrected chi connectivity index (χ1v) is 7.19. The normalized spacial score (nSPS) is 20.1. The van der Waals surface area contributed by atoms with Crippen molar-refractivity contribution in [3.8, 4) is 0 Å². The molecule has 2 rings (SSSR count). The largest absolute Gasteiger partial charge is 0.384 e. The van der Waals surface area contributed by atoms with E-state index >= 15 is 0 Å². The van der Waals surface area contributed by atoms with Crippen LogP contribution in [0.1, 0.15) is 25.8 Å². The van der Waals surface area contributed by atoms with Crippen LogP contribution in [0.5, 0.6) is 0 Å². The lowest BCUT2D eigenvalue weighted by Gasteiger charge is -2.18. The number of anilines is 1. The molecule has 4 heteroatoms. The maximum absolute atomic E-state index is 13.8. The average molecular weight is 315 g/mol. The van der Waals surface area contributed by atoms with Gasteiger partial charge in [0.2, 0.25) is 0 Å². The predicted octanol–water partition coefficient (Wildman–Crippen LogP) is 3.68. The Balaban J connectivity index is 2.01. The molecule has 1 aliphatic rings. The monoisotopic (exact) mass is 314 g/mol. The molecule has 1 aliphatic heterocycles. The summed E-state index contributed by atoms with van der Waals surface area (Å²) in [6.07, 6.45) is 1.22. The Hall–Kier alpha value is -0.610. The molecule has 1 aromatic carbocycles. The van der Waals surface area contributed by atoms with Crippen LogP contribution in [0.15, 0.2) is 22.7 Å². The molecule has 1 atom stereocenters. The van der Waals surface area contributed by atoms with E-state index in [9.17, 15) is 4.39 Å². The quantitative estimate of drug-likeness (QED) is 0.886. The van der Waals surface area contributed by atoms with Crippen molar-refractivity contribution >= 4 is 21.6 Å². The highest BCUT2D eigenvalue weighted by Crippen LogP contribution is 2.31. The second-order valence-corrected chi connectivity index (χ2v) is 6.26. The summed E-state index contributed by atoms with van der Waals surface area (Å²) in [4.78, 5) is 0. The van der Waals surface area contributed by atoms with E-state index in [1.807, 2.05) is 18.2 Å². The zero-order valence-electron chi connectivity index (χ0n) is 10.9. The number of rotatable bonds is 4. The van der Waals surface area contributed by atoms with E-state index in [1.54, 1.807) is 13.8 Å². The molecule has 0 amide bonds. The molecule has 2 N–H and O–H groups in total. The summed E-state index contributed by atoms with van der Waals surface area (Å²) in [5.74, 6) is 0.689. The molecular weight excluding hydrogens is 295 g/mol. The summed E-state index contributed by atoms with van der Waals surface area (Å²) in [7, 11) is 0. The standard InChI is InChI=1S/C14H20BrFN2/c1-14(2,16)11-3-4-13(12(15)7-11)18-9-10-5-6-17-8-10/h3-4,7,10,17-18H,5-6,8-9H2,1-2H3. The van der Waals surface area contributed by atoms with Crippen LogP contribution < -0.4 is 10.6 Å². The molecule has 0 saturated carbocycles. The Bertz CT molecular complexity index is 409. The number of hydrogen-bond acceptors (Lipinski definition) is 2. The summed E-state index contributed by atoms with van der Waals surface area (Å²) < 4.78 is 14.7. The van der Waals surface area contributed by atoms with Gasteiger partial charge in [-0.1, -0.05) is 6.07 Å². The maximum atomic E-state index is 13.8. The van der Waals surface area contributed by atoms with E-state index in [2.05, 4.69) is 26.6 Å². The molecule has 1 heterocycles. The molecule has 1 aromatic rings. The third-order valence-corrected chi connectivity index (χ3v) is 4.06. The van der Waals surface area contributed by atoms with Crippen LogP contribution in [0.3, 0.4) is 0 Å². The fraction of sp³-hybridized carbons (Fsp3) is 0.571. The van der Waals surface area contributed by atoms with E-state index < -0.39 is 5.67 Å². The van der Waals surface area contributed by atoms with E-state index in [4.69, 9.17) is 0 Å². The molecule has 0 radical (unpaired) electrons. The summed E-state index contributed by atoms with van der Waals surface area (Å²) in [5, 5.41) is 6.78. The third-order valence-electron chi connectivity index (χ3n) is 3.40. The molecule has 1 fully saturated rings. The highest BCUT2D eigenvalue weighted by atomic mass is 79.9. The van der Waals surface area contributed by atoms with E-state index in [0.717, 1.165) is 29.8 Å². The van der Waals surface area contributed by atoms with Gasteiger partial charge < -0.3 is 10.6 Å². The van der Waals surface area contributed by atoms with Gasteiger partial charge in [-0.15, -0.1) is 0 Å². The van der Waals surface area contributed by atoms with Gasteiger partial charge >= 0.3 is 0 Å². The van der Waals surface area contributed by atoms with Gasteiger partial charge in [0.1, 0.15) is 5.67 Å². The smallest absolute Gasteiger partial charge is 0.130 e. The van der Waals surface area contributed by atoms with E-state index in [0.29, 0.717) is 11.5 Å². The molecule has 0 spiro atoms. The van der Waals surface area contributed by atoms with Crippen LogP contribution in [-0.4, -0.2) is 19.6 Å². The molecule has 18 heavy (non-hydrogen) atoms. The molecular formula is C14H20BrFN2. The number of benzene rings is 1. The Kier molecular flexibility index (Phi) is 4.28. The summed E-state index contributed by atoms with van der Waals surface area (Å²) in [6, 6.07) is 5.65. The Labute approximate surface area is 116 Å². The lowest BCUT2D eigenvalue weighted by molar-refractivity contribution is 0.221. The second kappa shape index (κ2) is 5.57. The number of hydrogen-bond donors (Lipinski definition) is 2. The number of nitrogens with one attached hydrogen (secondary N) is 2. The van der Waals surface area contributed by atoms with Crippen molar-refractivity contribution < 1.29 is 4.39 Å². The fourth-order valence-corrected chi connectivity index (χ4v) is 2.69. The van der Waals surface area contributed by atoms with Gasteiger partial charge in [0.05, 0.1) is 0 Å². The summed E-state index contributed by atoms with van der Waals surface area (Å²) in [6.45, 7) is 6.31. The first-order chi connectivity index (χ1) is 8.47. The van der Waals surface area contributed by atoms with Crippen LogP contribution in [0.2, 0.25) is 0 Å². The molecule has 0 aliphatic carbocycles. The molecule has 1 saturated heterocycles. The van der Waals surface area contributed by atoms with Crippen molar-refractivity contribution in [3.05, 3.63) is 28.2 Å². The molecule has 2 nitrogen and oxygen atoms in total. The average Bonchev–Trinajstić information content (AvgIpc) is 2.79. The first kappa shape index (κ1) is 13.8. The molecule has 0 aromatic heterocycles.